The Labute approximate surface area is 96.4 Å². The smallest absolute Gasteiger partial charge is 0.251 e. The molecule has 4 nitrogen and oxygen atoms in total. The van der Waals surface area contributed by atoms with Gasteiger partial charge in [0.25, 0.3) is 5.91 Å². The van der Waals surface area contributed by atoms with E-state index in [2.05, 4.69) is 10.2 Å². The first kappa shape index (κ1) is 12.7. The lowest BCUT2D eigenvalue weighted by Gasteiger charge is -2.10. The normalized spacial score (nSPS) is 10.5. The van der Waals surface area contributed by atoms with E-state index in [-0.39, 0.29) is 5.91 Å². The van der Waals surface area contributed by atoms with Gasteiger partial charge in [0.1, 0.15) is 0 Å². The molecule has 1 aromatic rings. The topological polar surface area (TPSA) is 58.4 Å². The van der Waals surface area contributed by atoms with Crippen molar-refractivity contribution in [2.75, 3.05) is 27.2 Å². The highest BCUT2D eigenvalue weighted by atomic mass is 16.1. The van der Waals surface area contributed by atoms with E-state index < -0.39 is 0 Å². The number of nitrogens with two attached hydrogens (primary N) is 1. The van der Waals surface area contributed by atoms with Crippen LogP contribution in [0.25, 0.3) is 0 Å². The lowest BCUT2D eigenvalue weighted by Crippen LogP contribution is -2.29. The second-order valence-electron chi connectivity index (χ2n) is 3.98. The van der Waals surface area contributed by atoms with Crippen LogP contribution in [0.3, 0.4) is 0 Å². The number of carbonyl (C=O) groups is 1. The van der Waals surface area contributed by atoms with Gasteiger partial charge in [0, 0.05) is 25.2 Å². The summed E-state index contributed by atoms with van der Waals surface area (Å²) in [5, 5.41) is 2.75. The summed E-state index contributed by atoms with van der Waals surface area (Å²) in [5.41, 5.74) is 7.15. The van der Waals surface area contributed by atoms with E-state index in [1.165, 1.54) is 0 Å². The van der Waals surface area contributed by atoms with Gasteiger partial charge in [0.15, 0.2) is 0 Å². The molecule has 0 aromatic heterocycles. The fourth-order valence-corrected chi connectivity index (χ4v) is 1.46. The fourth-order valence-electron chi connectivity index (χ4n) is 1.46. The molecule has 0 fully saturated rings. The SMILES string of the molecule is CN(C)Cc1cccc(C(=O)NCCN)c1. The molecular weight excluding hydrogens is 202 g/mol. The van der Waals surface area contributed by atoms with Crippen molar-refractivity contribution in [2.24, 2.45) is 5.73 Å². The molecule has 4 heteroatoms. The molecule has 0 bridgehead atoms. The average Bonchev–Trinajstić information content (AvgIpc) is 2.25. The zero-order valence-electron chi connectivity index (χ0n) is 9.86. The molecule has 0 atom stereocenters. The minimum atomic E-state index is -0.0638. The molecule has 1 rings (SSSR count). The highest BCUT2D eigenvalue weighted by Gasteiger charge is 2.05. The van der Waals surface area contributed by atoms with Crippen LogP contribution >= 0.6 is 0 Å². The largest absolute Gasteiger partial charge is 0.351 e. The monoisotopic (exact) mass is 221 g/mol. The Morgan fingerprint density at radius 1 is 1.44 bits per heavy atom. The van der Waals surface area contributed by atoms with Crippen LogP contribution in [0.4, 0.5) is 0 Å². The molecule has 0 unspecified atom stereocenters. The van der Waals surface area contributed by atoms with Gasteiger partial charge in [0.05, 0.1) is 0 Å². The Bertz CT molecular complexity index is 350. The lowest BCUT2D eigenvalue weighted by molar-refractivity contribution is 0.0954. The fraction of sp³-hybridized carbons (Fsp3) is 0.417. The highest BCUT2D eigenvalue weighted by Crippen LogP contribution is 2.06. The van der Waals surface area contributed by atoms with Crippen LogP contribution in [0.1, 0.15) is 15.9 Å². The van der Waals surface area contributed by atoms with Crippen molar-refractivity contribution in [3.8, 4) is 0 Å². The van der Waals surface area contributed by atoms with Crippen LogP contribution in [0.2, 0.25) is 0 Å². The molecule has 1 amide bonds. The van der Waals surface area contributed by atoms with Gasteiger partial charge in [-0.3, -0.25) is 4.79 Å². The molecular formula is C12H19N3O. The van der Waals surface area contributed by atoms with Crippen molar-refractivity contribution in [1.82, 2.24) is 10.2 Å². The van der Waals surface area contributed by atoms with Crippen LogP contribution < -0.4 is 11.1 Å². The van der Waals surface area contributed by atoms with Crippen LogP contribution in [0, 0.1) is 0 Å². The van der Waals surface area contributed by atoms with Crippen molar-refractivity contribution in [3.05, 3.63) is 35.4 Å². The number of benzene rings is 1. The summed E-state index contributed by atoms with van der Waals surface area (Å²) in [6.07, 6.45) is 0. The number of rotatable bonds is 5. The second-order valence-corrected chi connectivity index (χ2v) is 3.98. The predicted molar refractivity (Wildman–Crippen MR) is 65.2 cm³/mol. The Balaban J connectivity index is 2.69. The molecule has 0 saturated carbocycles. The number of hydrogen-bond acceptors (Lipinski definition) is 3. The summed E-state index contributed by atoms with van der Waals surface area (Å²) < 4.78 is 0. The van der Waals surface area contributed by atoms with Gasteiger partial charge in [-0.05, 0) is 31.8 Å². The van der Waals surface area contributed by atoms with Gasteiger partial charge in [-0.25, -0.2) is 0 Å². The van der Waals surface area contributed by atoms with Crippen molar-refractivity contribution in [2.45, 2.75) is 6.54 Å². The van der Waals surface area contributed by atoms with Crippen molar-refractivity contribution >= 4 is 5.91 Å². The van der Waals surface area contributed by atoms with Crippen LogP contribution in [-0.2, 0) is 6.54 Å². The standard InChI is InChI=1S/C12H19N3O/c1-15(2)9-10-4-3-5-11(8-10)12(16)14-7-6-13/h3-5,8H,6-7,9,13H2,1-2H3,(H,14,16). The number of amides is 1. The molecule has 0 radical (unpaired) electrons. The summed E-state index contributed by atoms with van der Waals surface area (Å²) in [5.74, 6) is -0.0638. The third-order valence-corrected chi connectivity index (χ3v) is 2.12. The van der Waals surface area contributed by atoms with Gasteiger partial charge in [-0.2, -0.15) is 0 Å². The molecule has 0 saturated heterocycles. The molecule has 0 heterocycles. The number of hydrogen-bond donors (Lipinski definition) is 2. The van der Waals surface area contributed by atoms with E-state index in [1.807, 2.05) is 38.4 Å². The molecule has 3 N–H and O–H groups in total. The molecule has 16 heavy (non-hydrogen) atoms. The quantitative estimate of drug-likeness (QED) is 0.758. The van der Waals surface area contributed by atoms with Gasteiger partial charge in [-0.1, -0.05) is 12.1 Å². The van der Waals surface area contributed by atoms with E-state index in [0.717, 1.165) is 12.1 Å². The van der Waals surface area contributed by atoms with Crippen molar-refractivity contribution < 1.29 is 4.79 Å². The molecule has 0 aliphatic carbocycles. The van der Waals surface area contributed by atoms with E-state index in [9.17, 15) is 4.79 Å². The maximum absolute atomic E-state index is 11.7. The first-order valence-electron chi connectivity index (χ1n) is 5.35. The number of carbonyl (C=O) groups excluding carboxylic acids is 1. The van der Waals surface area contributed by atoms with E-state index in [0.29, 0.717) is 18.7 Å². The Morgan fingerprint density at radius 3 is 2.81 bits per heavy atom. The lowest BCUT2D eigenvalue weighted by atomic mass is 10.1. The van der Waals surface area contributed by atoms with Gasteiger partial charge in [-0.15, -0.1) is 0 Å². The number of nitrogens with zero attached hydrogens (tertiary/aromatic N) is 1. The van der Waals surface area contributed by atoms with Crippen LogP contribution in [0.15, 0.2) is 24.3 Å². The molecule has 0 spiro atoms. The van der Waals surface area contributed by atoms with E-state index in [1.54, 1.807) is 0 Å². The minimum absolute atomic E-state index is 0.0638. The zero-order valence-corrected chi connectivity index (χ0v) is 9.86. The van der Waals surface area contributed by atoms with Gasteiger partial charge >= 0.3 is 0 Å². The summed E-state index contributed by atoms with van der Waals surface area (Å²) in [6, 6.07) is 7.63. The third kappa shape index (κ3) is 4.00. The Kier molecular flexibility index (Phi) is 4.95. The van der Waals surface area contributed by atoms with Crippen LogP contribution in [-0.4, -0.2) is 38.0 Å². The first-order valence-corrected chi connectivity index (χ1v) is 5.35. The average molecular weight is 221 g/mol. The van der Waals surface area contributed by atoms with E-state index >= 15 is 0 Å². The zero-order chi connectivity index (χ0) is 12.0. The molecule has 1 aromatic carbocycles. The minimum Gasteiger partial charge on any atom is -0.351 e. The highest BCUT2D eigenvalue weighted by molar-refractivity contribution is 5.94. The van der Waals surface area contributed by atoms with Crippen molar-refractivity contribution in [1.29, 1.82) is 0 Å². The Hall–Kier alpha value is -1.39. The summed E-state index contributed by atoms with van der Waals surface area (Å²) in [6.45, 7) is 1.80. The van der Waals surface area contributed by atoms with E-state index in [4.69, 9.17) is 5.73 Å². The summed E-state index contributed by atoms with van der Waals surface area (Å²) >= 11 is 0. The van der Waals surface area contributed by atoms with Crippen molar-refractivity contribution in [3.63, 3.8) is 0 Å². The summed E-state index contributed by atoms with van der Waals surface area (Å²) in [4.78, 5) is 13.7. The maximum atomic E-state index is 11.7. The molecule has 0 aliphatic heterocycles. The summed E-state index contributed by atoms with van der Waals surface area (Å²) in [7, 11) is 4.00. The third-order valence-electron chi connectivity index (χ3n) is 2.12. The first-order chi connectivity index (χ1) is 7.63. The predicted octanol–water partition coefficient (Wildman–Crippen LogP) is 0.437. The molecule has 0 aliphatic rings. The second kappa shape index (κ2) is 6.25. The van der Waals surface area contributed by atoms with Crippen LogP contribution in [0.5, 0.6) is 0 Å². The molecule has 88 valence electrons. The number of nitrogens with one attached hydrogen (secondary N) is 1. The Morgan fingerprint density at radius 2 is 2.19 bits per heavy atom. The maximum Gasteiger partial charge on any atom is 0.251 e. The van der Waals surface area contributed by atoms with Gasteiger partial charge < -0.3 is 16.0 Å². The van der Waals surface area contributed by atoms with Gasteiger partial charge in [0.2, 0.25) is 0 Å².